The Morgan fingerprint density at radius 1 is 0.970 bits per heavy atom. The lowest BCUT2D eigenvalue weighted by Crippen LogP contribution is -2.43. The highest BCUT2D eigenvalue weighted by Gasteiger charge is 2.18. The van der Waals surface area contributed by atoms with Crippen molar-refractivity contribution < 1.29 is 14.1 Å². The highest BCUT2D eigenvalue weighted by atomic mass is 16.5. The van der Waals surface area contributed by atoms with Crippen molar-refractivity contribution in [1.29, 1.82) is 0 Å². The number of para-hydroxylation sites is 2. The Kier molecular flexibility index (Phi) is 8.87. The van der Waals surface area contributed by atoms with Gasteiger partial charge in [-0.15, -0.1) is 0 Å². The van der Waals surface area contributed by atoms with Crippen LogP contribution >= 0.6 is 0 Å². The summed E-state index contributed by atoms with van der Waals surface area (Å²) in [6, 6.07) is 11.8. The molecule has 0 saturated heterocycles. The molecule has 6 nitrogen and oxygen atoms in total. The first-order valence-electron chi connectivity index (χ1n) is 12.6. The maximum Gasteiger partial charge on any atom is 0.255 e. The monoisotopic (exact) mass is 449 g/mol. The second-order valence-corrected chi connectivity index (χ2v) is 9.13. The number of benzene rings is 1. The average molecular weight is 450 g/mol. The molecule has 0 atom stereocenters. The molecule has 1 saturated carbocycles. The van der Waals surface area contributed by atoms with Gasteiger partial charge >= 0.3 is 0 Å². The molecule has 0 bridgehead atoms. The molecule has 0 spiro atoms. The number of hydrogen-bond acceptors (Lipinski definition) is 3. The molecule has 0 aliphatic heterocycles. The van der Waals surface area contributed by atoms with Crippen LogP contribution in [0.2, 0.25) is 0 Å². The second kappa shape index (κ2) is 12.5. The van der Waals surface area contributed by atoms with Gasteiger partial charge in [0, 0.05) is 12.4 Å². The molecule has 1 aliphatic rings. The van der Waals surface area contributed by atoms with Crippen molar-refractivity contribution in [3.8, 4) is 0 Å². The van der Waals surface area contributed by atoms with E-state index in [1.165, 1.54) is 57.8 Å². The highest BCUT2D eigenvalue weighted by molar-refractivity contribution is 5.93. The summed E-state index contributed by atoms with van der Waals surface area (Å²) in [4.78, 5) is 16.5. The zero-order valence-corrected chi connectivity index (χ0v) is 19.6. The maximum absolute atomic E-state index is 12.5. The molecule has 0 radical (unpaired) electrons. The molecule has 1 fully saturated rings. The molecular formula is C27H37N4O2+. The molecule has 1 N–H and O–H groups in total. The molecule has 176 valence electrons. The van der Waals surface area contributed by atoms with Crippen LogP contribution < -0.4 is 9.88 Å². The summed E-state index contributed by atoms with van der Waals surface area (Å²) in [5.74, 6) is -0.128. The summed E-state index contributed by atoms with van der Waals surface area (Å²) in [6.45, 7) is 0.930. The van der Waals surface area contributed by atoms with Crippen molar-refractivity contribution in [2.45, 2.75) is 90.1 Å². The molecule has 1 amide bonds. The van der Waals surface area contributed by atoms with E-state index in [1.807, 2.05) is 18.5 Å². The summed E-state index contributed by atoms with van der Waals surface area (Å²) in [5, 5.41) is 3.00. The normalized spacial score (nSPS) is 16.7. The fourth-order valence-corrected chi connectivity index (χ4v) is 4.71. The molecule has 4 rings (SSSR count). The third-order valence-electron chi connectivity index (χ3n) is 6.61. The summed E-state index contributed by atoms with van der Waals surface area (Å²) >= 11 is 0. The van der Waals surface area contributed by atoms with Crippen LogP contribution in [0.1, 0.15) is 81.0 Å². The van der Waals surface area contributed by atoms with Gasteiger partial charge < -0.3 is 10.1 Å². The molecule has 1 aromatic carbocycles. The van der Waals surface area contributed by atoms with Gasteiger partial charge in [0.25, 0.3) is 5.91 Å². The Labute approximate surface area is 197 Å². The fraction of sp³-hybridized carbons (Fsp3) is 0.519. The number of rotatable bonds is 6. The van der Waals surface area contributed by atoms with Crippen molar-refractivity contribution >= 4 is 16.9 Å². The summed E-state index contributed by atoms with van der Waals surface area (Å²) in [5.41, 5.74) is 2.75. The highest BCUT2D eigenvalue weighted by Crippen LogP contribution is 2.20. The van der Waals surface area contributed by atoms with Crippen LogP contribution in [0.25, 0.3) is 11.0 Å². The largest absolute Gasteiger partial charge is 0.338 e. The lowest BCUT2D eigenvalue weighted by molar-refractivity contribution is -0.675. The van der Waals surface area contributed by atoms with E-state index in [0.29, 0.717) is 25.1 Å². The Hall–Kier alpha value is -2.73. The number of nitrogens with one attached hydrogen (secondary N) is 1. The van der Waals surface area contributed by atoms with Crippen LogP contribution in [0.15, 0.2) is 55.1 Å². The standard InChI is InChI=1S/C27H36N4O2/c32-27(23-13-12-18-28-19-23)29-20-30-21-31(26-17-11-10-16-25(26)30)22-33-24-14-8-6-4-2-1-3-5-7-9-15-24/h10-13,16-19,21,24H,1-9,14-15,20,22H2/p+1. The first kappa shape index (κ1) is 23.4. The number of hydrogen-bond donors (Lipinski definition) is 1. The number of nitrogens with zero attached hydrogens (tertiary/aromatic N) is 3. The zero-order chi connectivity index (χ0) is 22.7. The third-order valence-corrected chi connectivity index (χ3v) is 6.61. The maximum atomic E-state index is 12.5. The van der Waals surface area contributed by atoms with E-state index in [9.17, 15) is 4.79 Å². The minimum absolute atomic E-state index is 0.128. The molecule has 0 unspecified atom stereocenters. The van der Waals surface area contributed by atoms with Gasteiger partial charge in [-0.05, 0) is 37.1 Å². The first-order valence-corrected chi connectivity index (χ1v) is 12.6. The van der Waals surface area contributed by atoms with Gasteiger partial charge in [-0.3, -0.25) is 9.78 Å². The van der Waals surface area contributed by atoms with Crippen LogP contribution in [-0.2, 0) is 18.1 Å². The van der Waals surface area contributed by atoms with E-state index in [1.54, 1.807) is 24.5 Å². The predicted molar refractivity (Wildman–Crippen MR) is 129 cm³/mol. The van der Waals surface area contributed by atoms with Crippen molar-refractivity contribution in [2.75, 3.05) is 0 Å². The third kappa shape index (κ3) is 6.87. The number of imidazole rings is 1. The van der Waals surface area contributed by atoms with Crippen LogP contribution in [0.3, 0.4) is 0 Å². The van der Waals surface area contributed by atoms with E-state index >= 15 is 0 Å². The Morgan fingerprint density at radius 2 is 1.67 bits per heavy atom. The predicted octanol–water partition coefficient (Wildman–Crippen LogP) is 5.36. The first-order chi connectivity index (χ1) is 16.3. The van der Waals surface area contributed by atoms with Crippen LogP contribution in [0, 0.1) is 0 Å². The number of carbonyl (C=O) groups is 1. The number of pyridine rings is 1. The summed E-state index contributed by atoms with van der Waals surface area (Å²) < 4.78 is 10.7. The quantitative estimate of drug-likeness (QED) is 0.516. The summed E-state index contributed by atoms with van der Waals surface area (Å²) in [6.07, 6.45) is 20.0. The van der Waals surface area contributed by atoms with Gasteiger partial charge in [0.05, 0.1) is 11.7 Å². The van der Waals surface area contributed by atoms with Crippen LogP contribution in [0.5, 0.6) is 0 Å². The minimum atomic E-state index is -0.128. The van der Waals surface area contributed by atoms with Crippen LogP contribution in [-0.4, -0.2) is 21.6 Å². The minimum Gasteiger partial charge on any atom is -0.338 e. The SMILES string of the molecule is O=C(NC[n+]1cn(COC2CCCCCCCCCCC2)c2ccccc21)c1cccnc1. The van der Waals surface area contributed by atoms with Crippen molar-refractivity contribution in [2.24, 2.45) is 0 Å². The fourth-order valence-electron chi connectivity index (χ4n) is 4.71. The molecule has 33 heavy (non-hydrogen) atoms. The molecule has 2 aromatic heterocycles. The van der Waals surface area contributed by atoms with Crippen molar-refractivity contribution in [3.63, 3.8) is 0 Å². The van der Waals surface area contributed by atoms with Gasteiger partial charge in [-0.1, -0.05) is 69.9 Å². The van der Waals surface area contributed by atoms with E-state index in [4.69, 9.17) is 4.74 Å². The average Bonchev–Trinajstić information content (AvgIpc) is 3.20. The van der Waals surface area contributed by atoms with Gasteiger partial charge in [-0.25, -0.2) is 9.13 Å². The van der Waals surface area contributed by atoms with E-state index < -0.39 is 0 Å². The zero-order valence-electron chi connectivity index (χ0n) is 19.6. The lowest BCUT2D eigenvalue weighted by atomic mass is 9.99. The Morgan fingerprint density at radius 3 is 2.36 bits per heavy atom. The number of ether oxygens (including phenoxy) is 1. The Bertz CT molecular complexity index is 990. The Balaban J connectivity index is 1.39. The molecule has 1 aliphatic carbocycles. The summed E-state index contributed by atoms with van der Waals surface area (Å²) in [7, 11) is 0. The molecule has 6 heteroatoms. The topological polar surface area (TPSA) is 60.0 Å². The van der Waals surface area contributed by atoms with Gasteiger partial charge in [0.15, 0.2) is 24.4 Å². The van der Waals surface area contributed by atoms with E-state index in [-0.39, 0.29) is 5.91 Å². The number of carbonyl (C=O) groups excluding carboxylic acids is 1. The van der Waals surface area contributed by atoms with Crippen LogP contribution in [0.4, 0.5) is 0 Å². The molecule has 2 heterocycles. The molecule has 3 aromatic rings. The van der Waals surface area contributed by atoms with E-state index in [2.05, 4.69) is 31.6 Å². The second-order valence-electron chi connectivity index (χ2n) is 9.13. The van der Waals surface area contributed by atoms with Gasteiger partial charge in [0.2, 0.25) is 6.33 Å². The van der Waals surface area contributed by atoms with Gasteiger partial charge in [0.1, 0.15) is 0 Å². The van der Waals surface area contributed by atoms with E-state index in [0.717, 1.165) is 23.9 Å². The smallest absolute Gasteiger partial charge is 0.255 e. The number of fused-ring (bicyclic) bond motifs is 1. The lowest BCUT2D eigenvalue weighted by Gasteiger charge is -2.17. The van der Waals surface area contributed by atoms with Gasteiger partial charge in [-0.2, -0.15) is 0 Å². The van der Waals surface area contributed by atoms with Crippen molar-refractivity contribution in [3.05, 3.63) is 60.7 Å². The number of aromatic nitrogens is 3. The molecular weight excluding hydrogens is 412 g/mol. The number of amides is 1. The van der Waals surface area contributed by atoms with Crippen molar-refractivity contribution in [1.82, 2.24) is 14.9 Å².